The van der Waals surface area contributed by atoms with Gasteiger partial charge in [-0.25, -0.2) is 0 Å². The van der Waals surface area contributed by atoms with E-state index < -0.39 is 34.7 Å². The molecule has 2 aliphatic heterocycles. The SMILES string of the molecule is Cc1cccc(C)c1CNC(=O)[C@H]1N(C(=O)[C@@H](O)[C@H](Cc2ccc3c(c2)OCO3)NC(=O)c2cccc(N)c2Cl)CSC1(C)C. The number of carbonyl (C=O) groups excluding carboxylic acids is 3. The van der Waals surface area contributed by atoms with Gasteiger partial charge in [-0.2, -0.15) is 0 Å². The maximum atomic E-state index is 14.0. The summed E-state index contributed by atoms with van der Waals surface area (Å²) >= 11 is 7.76. The average Bonchev–Trinajstić information content (AvgIpc) is 3.60. The number of rotatable bonds is 9. The summed E-state index contributed by atoms with van der Waals surface area (Å²) in [7, 11) is 0. The first-order valence-electron chi connectivity index (χ1n) is 14.6. The Labute approximate surface area is 271 Å². The normalized spacial score (nSPS) is 17.9. The number of nitrogens with two attached hydrogens (primary N) is 1. The molecule has 2 heterocycles. The van der Waals surface area contributed by atoms with Crippen molar-refractivity contribution in [1.82, 2.24) is 15.5 Å². The number of ether oxygens (including phenoxy) is 2. The lowest BCUT2D eigenvalue weighted by molar-refractivity contribution is -0.147. The third-order valence-electron chi connectivity index (χ3n) is 8.28. The van der Waals surface area contributed by atoms with E-state index in [0.29, 0.717) is 23.6 Å². The minimum atomic E-state index is -1.69. The Morgan fingerprint density at radius 1 is 1.09 bits per heavy atom. The number of halogens is 1. The topological polar surface area (TPSA) is 143 Å². The van der Waals surface area contributed by atoms with Crippen LogP contribution in [0.15, 0.2) is 54.6 Å². The molecule has 0 bridgehead atoms. The first-order chi connectivity index (χ1) is 21.4. The highest BCUT2D eigenvalue weighted by Gasteiger charge is 2.49. The Kier molecular flexibility index (Phi) is 9.52. The van der Waals surface area contributed by atoms with Gasteiger partial charge in [0.15, 0.2) is 17.6 Å². The predicted octanol–water partition coefficient (Wildman–Crippen LogP) is 3.97. The average molecular weight is 653 g/mol. The fraction of sp³-hybridized carbons (Fsp3) is 0.364. The van der Waals surface area contributed by atoms with E-state index >= 15 is 0 Å². The summed E-state index contributed by atoms with van der Waals surface area (Å²) in [5.74, 6) is -0.315. The molecule has 3 aromatic rings. The number of nitrogens with zero attached hydrogens (tertiary/aromatic N) is 1. The molecule has 0 saturated carbocycles. The fourth-order valence-corrected chi connectivity index (χ4v) is 7.04. The second-order valence-electron chi connectivity index (χ2n) is 11.8. The van der Waals surface area contributed by atoms with E-state index in [-0.39, 0.29) is 41.3 Å². The summed E-state index contributed by atoms with van der Waals surface area (Å²) in [6.07, 6.45) is -1.62. The predicted molar refractivity (Wildman–Crippen MR) is 174 cm³/mol. The van der Waals surface area contributed by atoms with Gasteiger partial charge >= 0.3 is 0 Å². The van der Waals surface area contributed by atoms with Crippen molar-refractivity contribution >= 4 is 46.8 Å². The molecule has 45 heavy (non-hydrogen) atoms. The van der Waals surface area contributed by atoms with Crippen LogP contribution in [0.2, 0.25) is 5.02 Å². The Morgan fingerprint density at radius 2 is 1.78 bits per heavy atom. The van der Waals surface area contributed by atoms with Gasteiger partial charge in [-0.3, -0.25) is 14.4 Å². The molecule has 2 aliphatic rings. The van der Waals surface area contributed by atoms with E-state index in [4.69, 9.17) is 26.8 Å². The van der Waals surface area contributed by atoms with Crippen molar-refractivity contribution in [2.45, 2.75) is 63.6 Å². The molecule has 0 unspecified atom stereocenters. The standard InChI is InChI=1S/C33H37ClN4O6S/c1-18-7-5-8-19(2)22(18)15-36-31(41)29-33(3,4)45-16-38(29)32(42)28(39)24(13-20-11-12-25-26(14-20)44-17-43-25)37-30(40)21-9-6-10-23(35)27(21)34/h5-12,14,24,28-29,39H,13,15-17,35H2,1-4H3,(H,36,41)(H,37,40)/t24-,28-,29+/m0/s1. The van der Waals surface area contributed by atoms with Crippen molar-refractivity contribution in [3.8, 4) is 11.5 Å². The number of fused-ring (bicyclic) bond motifs is 1. The van der Waals surface area contributed by atoms with E-state index in [1.54, 1.807) is 30.3 Å². The number of amides is 3. The Hall–Kier alpha value is -3.93. The van der Waals surface area contributed by atoms with Crippen LogP contribution in [0.3, 0.4) is 0 Å². The van der Waals surface area contributed by atoms with Crippen molar-refractivity contribution in [3.05, 3.63) is 87.4 Å². The van der Waals surface area contributed by atoms with Gasteiger partial charge in [0, 0.05) is 11.3 Å². The second kappa shape index (κ2) is 13.2. The number of aliphatic hydroxyl groups excluding tert-OH is 1. The molecule has 0 aliphatic carbocycles. The molecule has 12 heteroatoms. The number of thioether (sulfide) groups is 1. The molecular weight excluding hydrogens is 616 g/mol. The zero-order valence-electron chi connectivity index (χ0n) is 25.6. The van der Waals surface area contributed by atoms with Crippen LogP contribution in [0.25, 0.3) is 0 Å². The van der Waals surface area contributed by atoms with E-state index in [1.807, 2.05) is 45.9 Å². The zero-order chi connectivity index (χ0) is 32.5. The van der Waals surface area contributed by atoms with Crippen molar-refractivity contribution in [2.75, 3.05) is 18.4 Å². The molecular formula is C33H37ClN4O6S. The third kappa shape index (κ3) is 6.85. The van der Waals surface area contributed by atoms with Gasteiger partial charge in [0.2, 0.25) is 12.7 Å². The number of carbonyl (C=O) groups is 3. The molecule has 10 nitrogen and oxygen atoms in total. The number of hydrogen-bond donors (Lipinski definition) is 4. The van der Waals surface area contributed by atoms with Gasteiger partial charge in [0.1, 0.15) is 6.04 Å². The number of nitrogens with one attached hydrogen (secondary N) is 2. The third-order valence-corrected chi connectivity index (χ3v) is 10.1. The highest BCUT2D eigenvalue weighted by Crippen LogP contribution is 2.40. The highest BCUT2D eigenvalue weighted by atomic mass is 35.5. The molecule has 3 atom stereocenters. The first-order valence-corrected chi connectivity index (χ1v) is 15.9. The van der Waals surface area contributed by atoms with Gasteiger partial charge in [-0.05, 0) is 80.6 Å². The van der Waals surface area contributed by atoms with Crippen LogP contribution in [0.5, 0.6) is 11.5 Å². The Morgan fingerprint density at radius 3 is 2.51 bits per heavy atom. The van der Waals surface area contributed by atoms with E-state index in [2.05, 4.69) is 10.6 Å². The molecule has 3 aromatic carbocycles. The lowest BCUT2D eigenvalue weighted by atomic mass is 9.96. The molecule has 3 amide bonds. The fourth-order valence-electron chi connectivity index (χ4n) is 5.69. The van der Waals surface area contributed by atoms with Crippen LogP contribution in [-0.4, -0.2) is 63.3 Å². The van der Waals surface area contributed by atoms with Gasteiger partial charge in [-0.15, -0.1) is 11.8 Å². The van der Waals surface area contributed by atoms with Crippen LogP contribution < -0.4 is 25.8 Å². The van der Waals surface area contributed by atoms with E-state index in [1.165, 1.54) is 22.7 Å². The number of aliphatic hydroxyl groups is 1. The minimum Gasteiger partial charge on any atom is -0.454 e. The molecule has 238 valence electrons. The van der Waals surface area contributed by atoms with Crippen LogP contribution in [-0.2, 0) is 22.6 Å². The quantitative estimate of drug-likeness (QED) is 0.255. The van der Waals surface area contributed by atoms with Gasteiger partial charge in [-0.1, -0.05) is 41.9 Å². The summed E-state index contributed by atoms with van der Waals surface area (Å²) in [6, 6.07) is 13.9. The maximum Gasteiger partial charge on any atom is 0.254 e. The Balaban J connectivity index is 1.39. The van der Waals surface area contributed by atoms with Crippen molar-refractivity contribution < 1.29 is 29.0 Å². The van der Waals surface area contributed by atoms with Crippen molar-refractivity contribution in [1.29, 1.82) is 0 Å². The summed E-state index contributed by atoms with van der Waals surface area (Å²) < 4.78 is 10.3. The maximum absolute atomic E-state index is 14.0. The molecule has 1 fully saturated rings. The highest BCUT2D eigenvalue weighted by molar-refractivity contribution is 8.00. The molecule has 0 aromatic heterocycles. The summed E-state index contributed by atoms with van der Waals surface area (Å²) in [5, 5.41) is 17.5. The largest absolute Gasteiger partial charge is 0.454 e. The van der Waals surface area contributed by atoms with Crippen LogP contribution >= 0.6 is 23.4 Å². The number of benzene rings is 3. The molecule has 5 rings (SSSR count). The summed E-state index contributed by atoms with van der Waals surface area (Å²) in [6.45, 7) is 8.16. The number of nitrogen functional groups attached to an aromatic ring is 1. The van der Waals surface area contributed by atoms with Crippen LogP contribution in [0.1, 0.15) is 46.5 Å². The number of aryl methyl sites for hydroxylation is 2. The van der Waals surface area contributed by atoms with Gasteiger partial charge < -0.3 is 35.8 Å². The second-order valence-corrected chi connectivity index (χ2v) is 13.8. The number of hydrogen-bond acceptors (Lipinski definition) is 8. The Bertz CT molecular complexity index is 1610. The molecule has 0 radical (unpaired) electrons. The smallest absolute Gasteiger partial charge is 0.254 e. The molecule has 1 saturated heterocycles. The lowest BCUT2D eigenvalue weighted by Gasteiger charge is -2.33. The zero-order valence-corrected chi connectivity index (χ0v) is 27.1. The van der Waals surface area contributed by atoms with Crippen molar-refractivity contribution in [2.24, 2.45) is 0 Å². The minimum absolute atomic E-state index is 0.0657. The van der Waals surface area contributed by atoms with E-state index in [9.17, 15) is 19.5 Å². The summed E-state index contributed by atoms with van der Waals surface area (Å²) in [5.41, 5.74) is 10.1. The van der Waals surface area contributed by atoms with Gasteiger partial charge in [0.25, 0.3) is 11.8 Å². The molecule has 0 spiro atoms. The first kappa shape index (κ1) is 32.5. The van der Waals surface area contributed by atoms with E-state index in [0.717, 1.165) is 16.7 Å². The monoisotopic (exact) mass is 652 g/mol. The number of anilines is 1. The van der Waals surface area contributed by atoms with Crippen LogP contribution in [0.4, 0.5) is 5.69 Å². The van der Waals surface area contributed by atoms with Gasteiger partial charge in [0.05, 0.1) is 28.2 Å². The van der Waals surface area contributed by atoms with Crippen LogP contribution in [0, 0.1) is 13.8 Å². The lowest BCUT2D eigenvalue weighted by Crippen LogP contribution is -2.58. The van der Waals surface area contributed by atoms with Crippen molar-refractivity contribution in [3.63, 3.8) is 0 Å². The molecule has 5 N–H and O–H groups in total. The summed E-state index contributed by atoms with van der Waals surface area (Å²) in [4.78, 5) is 42.5.